The normalized spacial score (nSPS) is 16.9. The topological polar surface area (TPSA) is 87.3 Å². The molecule has 146 valence electrons. The zero-order valence-corrected chi connectivity index (χ0v) is 16.8. The highest BCUT2D eigenvalue weighted by Crippen LogP contribution is 2.20. The van der Waals surface area contributed by atoms with Crippen LogP contribution in [0.4, 0.5) is 5.69 Å². The van der Waals surface area contributed by atoms with Gasteiger partial charge in [0.25, 0.3) is 15.9 Å². The summed E-state index contributed by atoms with van der Waals surface area (Å²) >= 11 is 5.89. The molecule has 9 heteroatoms. The molecule has 2 aromatic carbocycles. The second-order valence-corrected chi connectivity index (χ2v) is 8.28. The molecule has 0 radical (unpaired) electrons. The molecule has 3 rings (SSSR count). The van der Waals surface area contributed by atoms with Crippen molar-refractivity contribution in [2.24, 2.45) is 0 Å². The van der Waals surface area contributed by atoms with Crippen LogP contribution in [0.1, 0.15) is 23.2 Å². The van der Waals surface area contributed by atoms with E-state index < -0.39 is 10.0 Å². The molecular formula is C18H21Cl2N3O3S. The molecule has 1 fully saturated rings. The molecule has 0 aromatic heterocycles. The first kappa shape index (κ1) is 21.5. The summed E-state index contributed by atoms with van der Waals surface area (Å²) in [6.07, 6.45) is 1.91. The van der Waals surface area contributed by atoms with Gasteiger partial charge in [-0.25, -0.2) is 8.42 Å². The molecule has 1 atom stereocenters. The van der Waals surface area contributed by atoms with Crippen molar-refractivity contribution in [2.75, 3.05) is 17.8 Å². The number of carbonyl (C=O) groups excluding carboxylic acids is 1. The molecular weight excluding hydrogens is 409 g/mol. The minimum absolute atomic E-state index is 0. The van der Waals surface area contributed by atoms with Crippen LogP contribution in [0.5, 0.6) is 0 Å². The summed E-state index contributed by atoms with van der Waals surface area (Å²) in [4.78, 5) is 12.4. The van der Waals surface area contributed by atoms with Crippen LogP contribution in [-0.2, 0) is 10.0 Å². The highest BCUT2D eigenvalue weighted by Gasteiger charge is 2.19. The monoisotopic (exact) mass is 429 g/mol. The third kappa shape index (κ3) is 5.84. The Kier molecular flexibility index (Phi) is 7.49. The number of benzene rings is 2. The van der Waals surface area contributed by atoms with Crippen molar-refractivity contribution in [3.63, 3.8) is 0 Å². The number of amides is 1. The Labute approximate surface area is 170 Å². The number of halogens is 2. The lowest BCUT2D eigenvalue weighted by molar-refractivity contribution is 0.0930. The number of piperidine rings is 1. The van der Waals surface area contributed by atoms with Crippen LogP contribution in [0.3, 0.4) is 0 Å². The lowest BCUT2D eigenvalue weighted by Crippen LogP contribution is -2.45. The summed E-state index contributed by atoms with van der Waals surface area (Å²) < 4.78 is 27.6. The van der Waals surface area contributed by atoms with Gasteiger partial charge < -0.3 is 10.6 Å². The zero-order chi connectivity index (χ0) is 18.6. The highest BCUT2D eigenvalue weighted by molar-refractivity contribution is 7.92. The van der Waals surface area contributed by atoms with Crippen LogP contribution in [0, 0.1) is 0 Å². The fourth-order valence-corrected chi connectivity index (χ4v) is 4.10. The van der Waals surface area contributed by atoms with Crippen molar-refractivity contribution in [2.45, 2.75) is 23.8 Å². The van der Waals surface area contributed by atoms with E-state index in [0.717, 1.165) is 25.9 Å². The maximum absolute atomic E-state index is 12.6. The Morgan fingerprint density at radius 1 is 1.15 bits per heavy atom. The van der Waals surface area contributed by atoms with E-state index in [1.54, 1.807) is 30.3 Å². The number of rotatable bonds is 5. The van der Waals surface area contributed by atoms with Gasteiger partial charge in [-0.05, 0) is 55.8 Å². The van der Waals surface area contributed by atoms with Gasteiger partial charge in [0.15, 0.2) is 0 Å². The molecule has 0 spiro atoms. The fraction of sp³-hybridized carbons (Fsp3) is 0.278. The second kappa shape index (κ2) is 9.41. The molecule has 1 amide bonds. The lowest BCUT2D eigenvalue weighted by Gasteiger charge is -2.23. The molecule has 1 unspecified atom stereocenters. The molecule has 0 bridgehead atoms. The molecule has 2 aromatic rings. The maximum Gasteiger partial charge on any atom is 0.261 e. The molecule has 27 heavy (non-hydrogen) atoms. The summed E-state index contributed by atoms with van der Waals surface area (Å²) in [6.45, 7) is 1.68. The smallest absolute Gasteiger partial charge is 0.261 e. The number of hydrogen-bond donors (Lipinski definition) is 3. The lowest BCUT2D eigenvalue weighted by atomic mass is 10.1. The van der Waals surface area contributed by atoms with E-state index in [-0.39, 0.29) is 29.3 Å². The van der Waals surface area contributed by atoms with Gasteiger partial charge in [0.2, 0.25) is 0 Å². The summed E-state index contributed by atoms with van der Waals surface area (Å²) in [5, 5.41) is 6.59. The standard InChI is InChI=1S/C18H20ClN3O3S.ClH/c19-14-5-2-6-15(11-14)22-26(24,25)17-8-1-4-13(10-17)18(23)21-16-7-3-9-20-12-16;/h1-2,4-6,8,10-11,16,20,22H,3,7,9,12H2,(H,21,23);1H. The molecule has 1 heterocycles. The van der Waals surface area contributed by atoms with E-state index in [1.807, 2.05) is 0 Å². The molecule has 1 aliphatic rings. The molecule has 3 N–H and O–H groups in total. The molecule has 0 aliphatic carbocycles. The summed E-state index contributed by atoms with van der Waals surface area (Å²) in [6, 6.07) is 12.5. The van der Waals surface area contributed by atoms with Crippen LogP contribution < -0.4 is 15.4 Å². The van der Waals surface area contributed by atoms with Gasteiger partial charge in [0.05, 0.1) is 10.6 Å². The van der Waals surface area contributed by atoms with E-state index in [4.69, 9.17) is 11.6 Å². The third-order valence-corrected chi connectivity index (χ3v) is 5.73. The minimum Gasteiger partial charge on any atom is -0.348 e. The summed E-state index contributed by atoms with van der Waals surface area (Å²) in [5.41, 5.74) is 0.671. The van der Waals surface area contributed by atoms with Crippen molar-refractivity contribution in [1.82, 2.24) is 10.6 Å². The van der Waals surface area contributed by atoms with Gasteiger partial charge in [-0.2, -0.15) is 0 Å². The van der Waals surface area contributed by atoms with E-state index in [9.17, 15) is 13.2 Å². The van der Waals surface area contributed by atoms with Crippen molar-refractivity contribution < 1.29 is 13.2 Å². The van der Waals surface area contributed by atoms with Crippen molar-refractivity contribution in [1.29, 1.82) is 0 Å². The van der Waals surface area contributed by atoms with Crippen molar-refractivity contribution in [3.05, 3.63) is 59.1 Å². The molecule has 6 nitrogen and oxygen atoms in total. The summed E-state index contributed by atoms with van der Waals surface area (Å²) in [7, 11) is -3.82. The predicted molar refractivity (Wildman–Crippen MR) is 109 cm³/mol. The fourth-order valence-electron chi connectivity index (χ4n) is 2.81. The SMILES string of the molecule is Cl.O=C(NC1CCCNC1)c1cccc(S(=O)(=O)Nc2cccc(Cl)c2)c1. The molecule has 0 saturated carbocycles. The van der Waals surface area contributed by atoms with Crippen LogP contribution >= 0.6 is 24.0 Å². The average molecular weight is 430 g/mol. The largest absolute Gasteiger partial charge is 0.348 e. The first-order valence-corrected chi connectivity index (χ1v) is 10.2. The van der Waals surface area contributed by atoms with Gasteiger partial charge in [-0.3, -0.25) is 9.52 Å². The highest BCUT2D eigenvalue weighted by atomic mass is 35.5. The van der Waals surface area contributed by atoms with Gasteiger partial charge in [-0.15, -0.1) is 12.4 Å². The van der Waals surface area contributed by atoms with E-state index in [1.165, 1.54) is 18.2 Å². The van der Waals surface area contributed by atoms with Gasteiger partial charge in [-0.1, -0.05) is 23.7 Å². The number of nitrogens with one attached hydrogen (secondary N) is 3. The first-order chi connectivity index (χ1) is 12.4. The number of carbonyl (C=O) groups is 1. The average Bonchev–Trinajstić information content (AvgIpc) is 2.62. The minimum atomic E-state index is -3.82. The van der Waals surface area contributed by atoms with Crippen LogP contribution in [-0.4, -0.2) is 33.5 Å². The van der Waals surface area contributed by atoms with Crippen LogP contribution in [0.15, 0.2) is 53.4 Å². The van der Waals surface area contributed by atoms with Gasteiger partial charge in [0.1, 0.15) is 0 Å². The van der Waals surface area contributed by atoms with Crippen molar-refractivity contribution >= 4 is 45.6 Å². The molecule has 1 saturated heterocycles. The van der Waals surface area contributed by atoms with E-state index in [0.29, 0.717) is 16.3 Å². The van der Waals surface area contributed by atoms with Gasteiger partial charge in [0, 0.05) is 23.2 Å². The van der Waals surface area contributed by atoms with Crippen LogP contribution in [0.2, 0.25) is 5.02 Å². The Morgan fingerprint density at radius 3 is 2.63 bits per heavy atom. The third-order valence-electron chi connectivity index (χ3n) is 4.12. The zero-order valence-electron chi connectivity index (χ0n) is 14.4. The Morgan fingerprint density at radius 2 is 1.93 bits per heavy atom. The van der Waals surface area contributed by atoms with E-state index in [2.05, 4.69) is 15.4 Å². The quantitative estimate of drug-likeness (QED) is 0.681. The maximum atomic E-state index is 12.6. The second-order valence-electron chi connectivity index (χ2n) is 6.16. The Hall–Kier alpha value is -1.80. The Bertz CT molecular complexity index is 900. The predicted octanol–water partition coefficient (Wildman–Crippen LogP) is 3.04. The number of anilines is 1. The Balaban J connectivity index is 0.00000261. The molecule has 1 aliphatic heterocycles. The first-order valence-electron chi connectivity index (χ1n) is 8.34. The van der Waals surface area contributed by atoms with Crippen LogP contribution in [0.25, 0.3) is 0 Å². The summed E-state index contributed by atoms with van der Waals surface area (Å²) in [5.74, 6) is -0.279. The number of sulfonamides is 1. The number of hydrogen-bond acceptors (Lipinski definition) is 4. The van der Waals surface area contributed by atoms with Gasteiger partial charge >= 0.3 is 0 Å². The van der Waals surface area contributed by atoms with Crippen molar-refractivity contribution in [3.8, 4) is 0 Å². The van der Waals surface area contributed by atoms with E-state index >= 15 is 0 Å².